The van der Waals surface area contributed by atoms with Crippen LogP contribution in [-0.2, 0) is 0 Å². The van der Waals surface area contributed by atoms with E-state index in [1.807, 2.05) is 0 Å². The molecule has 5 heteroatoms. The van der Waals surface area contributed by atoms with Gasteiger partial charge < -0.3 is 5.32 Å². The van der Waals surface area contributed by atoms with Crippen LogP contribution in [0, 0.1) is 11.8 Å². The van der Waals surface area contributed by atoms with Gasteiger partial charge in [0.1, 0.15) is 5.71 Å². The Morgan fingerprint density at radius 1 is 1.16 bits per heavy atom. The second kappa shape index (κ2) is 6.55. The van der Waals surface area contributed by atoms with Crippen LogP contribution < -0.4 is 5.32 Å². The zero-order valence-electron chi connectivity index (χ0n) is 11.0. The number of halogens is 3. The molecule has 0 radical (unpaired) electrons. The summed E-state index contributed by atoms with van der Waals surface area (Å²) in [4.78, 5) is 3.63. The number of hydrogen-bond acceptors (Lipinski definition) is 2. The van der Waals surface area contributed by atoms with Gasteiger partial charge in [-0.2, -0.15) is 13.2 Å². The van der Waals surface area contributed by atoms with Crippen molar-refractivity contribution in [1.29, 1.82) is 0 Å². The number of hydrogen-bond donors (Lipinski definition) is 1. The molecule has 1 unspecified atom stereocenters. The van der Waals surface area contributed by atoms with E-state index >= 15 is 0 Å². The molecule has 0 aromatic heterocycles. The summed E-state index contributed by atoms with van der Waals surface area (Å²) in [5.74, 6) is 0.986. The van der Waals surface area contributed by atoms with Crippen molar-refractivity contribution < 1.29 is 13.2 Å². The summed E-state index contributed by atoms with van der Waals surface area (Å²) < 4.78 is 37.6. The molecule has 2 nitrogen and oxygen atoms in total. The van der Waals surface area contributed by atoms with Gasteiger partial charge in [-0.05, 0) is 63.1 Å². The van der Waals surface area contributed by atoms with Crippen molar-refractivity contribution in [1.82, 2.24) is 5.32 Å². The summed E-state index contributed by atoms with van der Waals surface area (Å²) in [5.41, 5.74) is -0.725. The highest BCUT2D eigenvalue weighted by atomic mass is 19.4. The van der Waals surface area contributed by atoms with E-state index in [-0.39, 0.29) is 5.92 Å². The first kappa shape index (κ1) is 14.6. The van der Waals surface area contributed by atoms with E-state index in [1.54, 1.807) is 6.08 Å². The van der Waals surface area contributed by atoms with Crippen LogP contribution in [-0.4, -0.2) is 31.5 Å². The minimum absolute atomic E-state index is 0.249. The lowest BCUT2D eigenvalue weighted by Crippen LogP contribution is -2.27. The number of alkyl halides is 3. The largest absolute Gasteiger partial charge is 0.432 e. The van der Waals surface area contributed by atoms with Crippen molar-refractivity contribution in [2.24, 2.45) is 16.8 Å². The Labute approximate surface area is 112 Å². The molecule has 0 bridgehead atoms. The number of nitrogens with zero attached hydrogens (tertiary/aromatic N) is 1. The molecule has 1 saturated heterocycles. The lowest BCUT2D eigenvalue weighted by molar-refractivity contribution is -0.0578. The minimum atomic E-state index is -4.31. The van der Waals surface area contributed by atoms with Crippen LogP contribution in [0.4, 0.5) is 13.2 Å². The summed E-state index contributed by atoms with van der Waals surface area (Å²) in [6.07, 6.45) is 3.81. The van der Waals surface area contributed by atoms with Crippen molar-refractivity contribution in [3.63, 3.8) is 0 Å². The molecule has 0 amide bonds. The molecule has 0 aromatic rings. The van der Waals surface area contributed by atoms with Gasteiger partial charge in [-0.3, -0.25) is 4.99 Å². The Morgan fingerprint density at radius 3 is 2.58 bits per heavy atom. The van der Waals surface area contributed by atoms with Gasteiger partial charge in [-0.25, -0.2) is 0 Å². The monoisotopic (exact) mass is 274 g/mol. The highest BCUT2D eigenvalue weighted by Crippen LogP contribution is 2.26. The maximum atomic E-state index is 12.5. The molecule has 2 aliphatic heterocycles. The van der Waals surface area contributed by atoms with Gasteiger partial charge in [0.05, 0.1) is 0 Å². The molecule has 108 valence electrons. The van der Waals surface area contributed by atoms with Crippen molar-refractivity contribution in [2.45, 2.75) is 38.3 Å². The first-order chi connectivity index (χ1) is 9.05. The standard InChI is InChI=1S/C14H21F3N2/c15-14(16,17)13-4-3-11(7-10-19-13)1-2-12-5-8-18-9-6-12/h3-4,11-12,18H,1-2,5-10H2. The number of rotatable bonds is 3. The van der Waals surface area contributed by atoms with Crippen molar-refractivity contribution in [3.05, 3.63) is 12.2 Å². The van der Waals surface area contributed by atoms with E-state index in [4.69, 9.17) is 0 Å². The molecule has 1 N–H and O–H groups in total. The summed E-state index contributed by atoms with van der Waals surface area (Å²) in [5, 5.41) is 3.33. The third-order valence-electron chi connectivity index (χ3n) is 4.00. The Balaban J connectivity index is 1.80. The minimum Gasteiger partial charge on any atom is -0.317 e. The molecule has 2 aliphatic rings. The first-order valence-corrected chi connectivity index (χ1v) is 7.06. The molecule has 0 aliphatic carbocycles. The Kier molecular flexibility index (Phi) is 5.02. The third kappa shape index (κ3) is 4.64. The SMILES string of the molecule is FC(F)(F)C1=NCCC(CCC2CCNCC2)C=C1. The maximum Gasteiger partial charge on any atom is 0.432 e. The molecule has 1 fully saturated rings. The molecule has 2 rings (SSSR count). The van der Waals surface area contributed by atoms with Gasteiger partial charge in [0.2, 0.25) is 0 Å². The predicted molar refractivity (Wildman–Crippen MR) is 70.4 cm³/mol. The van der Waals surface area contributed by atoms with E-state index in [0.29, 0.717) is 6.54 Å². The van der Waals surface area contributed by atoms with E-state index < -0.39 is 11.9 Å². The van der Waals surface area contributed by atoms with E-state index in [9.17, 15) is 13.2 Å². The van der Waals surface area contributed by atoms with Gasteiger partial charge in [0.25, 0.3) is 0 Å². The van der Waals surface area contributed by atoms with Crippen LogP contribution in [0.15, 0.2) is 17.1 Å². The van der Waals surface area contributed by atoms with E-state index in [0.717, 1.165) is 38.3 Å². The Bertz CT molecular complexity index is 341. The van der Waals surface area contributed by atoms with Crippen LogP contribution in [0.1, 0.15) is 32.1 Å². The maximum absolute atomic E-state index is 12.5. The van der Waals surface area contributed by atoms with E-state index in [2.05, 4.69) is 10.3 Å². The zero-order valence-corrected chi connectivity index (χ0v) is 11.0. The lowest BCUT2D eigenvalue weighted by atomic mass is 9.88. The van der Waals surface area contributed by atoms with Crippen LogP contribution in [0.25, 0.3) is 0 Å². The van der Waals surface area contributed by atoms with Gasteiger partial charge in [0, 0.05) is 6.54 Å². The fourth-order valence-electron chi connectivity index (χ4n) is 2.77. The smallest absolute Gasteiger partial charge is 0.317 e. The first-order valence-electron chi connectivity index (χ1n) is 7.06. The van der Waals surface area contributed by atoms with Gasteiger partial charge >= 0.3 is 6.18 Å². The van der Waals surface area contributed by atoms with Gasteiger partial charge in [0.15, 0.2) is 0 Å². The van der Waals surface area contributed by atoms with E-state index in [1.165, 1.54) is 18.9 Å². The molecule has 0 aromatic carbocycles. The summed E-state index contributed by atoms with van der Waals surface area (Å²) in [6.45, 7) is 2.44. The number of nitrogens with one attached hydrogen (secondary N) is 1. The normalized spacial score (nSPS) is 26.1. The van der Waals surface area contributed by atoms with Crippen LogP contribution in [0.3, 0.4) is 0 Å². The Hall–Kier alpha value is -0.840. The molecule has 19 heavy (non-hydrogen) atoms. The second-order valence-electron chi connectivity index (χ2n) is 5.44. The van der Waals surface area contributed by atoms with Crippen molar-refractivity contribution in [3.8, 4) is 0 Å². The van der Waals surface area contributed by atoms with Gasteiger partial charge in [-0.15, -0.1) is 0 Å². The fraction of sp³-hybridized carbons (Fsp3) is 0.786. The molecular formula is C14H21F3N2. The topological polar surface area (TPSA) is 24.4 Å². The fourth-order valence-corrected chi connectivity index (χ4v) is 2.77. The van der Waals surface area contributed by atoms with Crippen LogP contribution in [0.2, 0.25) is 0 Å². The zero-order chi connectivity index (χ0) is 13.7. The van der Waals surface area contributed by atoms with Crippen molar-refractivity contribution >= 4 is 5.71 Å². The Morgan fingerprint density at radius 2 is 1.89 bits per heavy atom. The molecule has 2 heterocycles. The molecular weight excluding hydrogens is 253 g/mol. The number of aliphatic imine (C=N–C) groups is 1. The second-order valence-corrected chi connectivity index (χ2v) is 5.44. The van der Waals surface area contributed by atoms with Crippen LogP contribution >= 0.6 is 0 Å². The molecule has 0 spiro atoms. The summed E-state index contributed by atoms with van der Waals surface area (Å²) in [7, 11) is 0. The third-order valence-corrected chi connectivity index (χ3v) is 4.00. The lowest BCUT2D eigenvalue weighted by Gasteiger charge is -2.23. The number of allylic oxidation sites excluding steroid dienone is 2. The summed E-state index contributed by atoms with van der Waals surface area (Å²) >= 11 is 0. The quantitative estimate of drug-likeness (QED) is 0.838. The highest BCUT2D eigenvalue weighted by molar-refractivity contribution is 5.99. The average molecular weight is 274 g/mol. The molecule has 0 saturated carbocycles. The molecule has 1 atom stereocenters. The summed E-state index contributed by atoms with van der Waals surface area (Å²) in [6, 6.07) is 0. The predicted octanol–water partition coefficient (Wildman–Crippen LogP) is 3.35. The van der Waals surface area contributed by atoms with Gasteiger partial charge in [-0.1, -0.05) is 6.08 Å². The number of piperidine rings is 1. The van der Waals surface area contributed by atoms with Crippen molar-refractivity contribution in [2.75, 3.05) is 19.6 Å². The highest BCUT2D eigenvalue weighted by Gasteiger charge is 2.34. The van der Waals surface area contributed by atoms with Crippen LogP contribution in [0.5, 0.6) is 0 Å². The average Bonchev–Trinajstić information content (AvgIpc) is 2.62.